The Morgan fingerprint density at radius 2 is 2.07 bits per heavy atom. The van der Waals surface area contributed by atoms with Gasteiger partial charge in [-0.2, -0.15) is 0 Å². The average molecular weight is 390 g/mol. The summed E-state index contributed by atoms with van der Waals surface area (Å²) >= 11 is 0. The smallest absolute Gasteiger partial charge is 0.293 e. The second-order valence-electron chi connectivity index (χ2n) is 6.33. The van der Waals surface area contributed by atoms with Gasteiger partial charge in [0, 0.05) is 32.2 Å². The topological polar surface area (TPSA) is 111 Å². The van der Waals surface area contributed by atoms with Gasteiger partial charge in [-0.05, 0) is 17.7 Å². The number of nitro benzene ring substituents is 1. The van der Waals surface area contributed by atoms with Gasteiger partial charge in [-0.3, -0.25) is 15.0 Å². The van der Waals surface area contributed by atoms with E-state index in [0.29, 0.717) is 18.8 Å². The van der Waals surface area contributed by atoms with E-state index < -0.39 is 15.9 Å². The quantitative estimate of drug-likeness (QED) is 0.552. The van der Waals surface area contributed by atoms with Crippen molar-refractivity contribution in [2.75, 3.05) is 31.6 Å². The van der Waals surface area contributed by atoms with E-state index in [2.05, 4.69) is 22.3 Å². The van der Waals surface area contributed by atoms with Crippen molar-refractivity contribution in [1.29, 1.82) is 0 Å². The maximum Gasteiger partial charge on any atom is 0.293 e. The molecule has 0 aliphatic carbocycles. The molecule has 3 N–H and O–H groups in total. The van der Waals surface area contributed by atoms with Gasteiger partial charge in [0.2, 0.25) is 0 Å². The Morgan fingerprint density at radius 3 is 2.78 bits per heavy atom. The lowest BCUT2D eigenvalue weighted by Crippen LogP contribution is -2.44. The summed E-state index contributed by atoms with van der Waals surface area (Å²) in [7, 11) is -1.76. The predicted molar refractivity (Wildman–Crippen MR) is 104 cm³/mol. The predicted octanol–water partition coefficient (Wildman–Crippen LogP) is 1.89. The summed E-state index contributed by atoms with van der Waals surface area (Å²) < 4.78 is 17.1. The molecule has 2 aromatic carbocycles. The Balaban J connectivity index is 1.61. The second kappa shape index (κ2) is 9.05. The lowest BCUT2D eigenvalue weighted by molar-refractivity contribution is -0.384. The summed E-state index contributed by atoms with van der Waals surface area (Å²) in [5.41, 5.74) is 1.45. The minimum absolute atomic E-state index is 0.0783. The van der Waals surface area contributed by atoms with Gasteiger partial charge in [-0.15, -0.1) is 0 Å². The van der Waals surface area contributed by atoms with Crippen LogP contribution in [0.5, 0.6) is 0 Å². The highest BCUT2D eigenvalue weighted by Crippen LogP contribution is 2.26. The molecule has 0 saturated carbocycles. The Kier molecular flexibility index (Phi) is 6.51. The Morgan fingerprint density at radius 1 is 1.30 bits per heavy atom. The van der Waals surface area contributed by atoms with Crippen LogP contribution in [0.25, 0.3) is 0 Å². The molecule has 2 atom stereocenters. The molecule has 1 heterocycles. The van der Waals surface area contributed by atoms with E-state index in [1.807, 2.05) is 18.2 Å². The van der Waals surface area contributed by atoms with Gasteiger partial charge in [-0.1, -0.05) is 30.3 Å². The summed E-state index contributed by atoms with van der Waals surface area (Å²) in [6, 6.07) is 14.5. The number of nitrogens with zero attached hydrogens (tertiary/aromatic N) is 2. The summed E-state index contributed by atoms with van der Waals surface area (Å²) in [6.45, 7) is 3.49. The molecule has 1 aliphatic heterocycles. The van der Waals surface area contributed by atoms with Crippen molar-refractivity contribution in [2.24, 2.45) is 5.14 Å². The Labute approximate surface area is 160 Å². The zero-order chi connectivity index (χ0) is 19.2. The molecule has 2 aromatic rings. The number of nitrogens with two attached hydrogens (primary N) is 1. The third-order valence-electron chi connectivity index (χ3n) is 4.39. The van der Waals surface area contributed by atoms with Gasteiger partial charge >= 0.3 is 0 Å². The number of rotatable bonds is 7. The number of nitrogens with one attached hydrogen (secondary N) is 1. The molecule has 2 unspecified atom stereocenters. The standard InChI is InChI=1S/C18H22N4O4S/c19-27(25)16-6-7-17(18(10-16)22(23)24)20-11-15-13-21(8-9-26-15)12-14-4-2-1-3-5-14/h1-7,10,15,20H,8-9,11-13,19H2. The van der Waals surface area contributed by atoms with E-state index in [-0.39, 0.29) is 16.7 Å². The molecule has 8 nitrogen and oxygen atoms in total. The van der Waals surface area contributed by atoms with Gasteiger partial charge in [0.1, 0.15) is 16.7 Å². The summed E-state index contributed by atoms with van der Waals surface area (Å²) in [6.07, 6.45) is -0.0783. The molecule has 0 radical (unpaired) electrons. The number of hydrogen-bond acceptors (Lipinski definition) is 6. The number of morpholine rings is 1. The van der Waals surface area contributed by atoms with E-state index in [4.69, 9.17) is 9.88 Å². The third kappa shape index (κ3) is 5.33. The molecular formula is C18H22N4O4S. The van der Waals surface area contributed by atoms with Crippen LogP contribution in [0.2, 0.25) is 0 Å². The van der Waals surface area contributed by atoms with Crippen LogP contribution in [0.1, 0.15) is 5.56 Å². The first-order valence-electron chi connectivity index (χ1n) is 8.59. The van der Waals surface area contributed by atoms with Gasteiger partial charge < -0.3 is 10.1 Å². The second-order valence-corrected chi connectivity index (χ2v) is 7.39. The molecule has 144 valence electrons. The molecule has 3 rings (SSSR count). The molecule has 27 heavy (non-hydrogen) atoms. The van der Waals surface area contributed by atoms with Gasteiger partial charge in [0.15, 0.2) is 0 Å². The maximum absolute atomic E-state index is 11.3. The van der Waals surface area contributed by atoms with E-state index in [1.165, 1.54) is 23.8 Å². The van der Waals surface area contributed by atoms with Crippen molar-refractivity contribution >= 4 is 22.4 Å². The highest BCUT2D eigenvalue weighted by molar-refractivity contribution is 7.82. The first kappa shape index (κ1) is 19.4. The van der Waals surface area contributed by atoms with Crippen molar-refractivity contribution in [3.05, 3.63) is 64.2 Å². The van der Waals surface area contributed by atoms with Crippen LogP contribution in [0.4, 0.5) is 11.4 Å². The van der Waals surface area contributed by atoms with Crippen LogP contribution in [0.3, 0.4) is 0 Å². The zero-order valence-electron chi connectivity index (χ0n) is 14.7. The summed E-state index contributed by atoms with van der Waals surface area (Å²) in [5.74, 6) is 0. The molecule has 0 amide bonds. The normalized spacial score (nSPS) is 18.8. The summed E-state index contributed by atoms with van der Waals surface area (Å²) in [5, 5.41) is 19.7. The molecule has 0 bridgehead atoms. The van der Waals surface area contributed by atoms with Crippen LogP contribution in [0.15, 0.2) is 53.4 Å². The first-order valence-corrected chi connectivity index (χ1v) is 9.80. The minimum Gasteiger partial charge on any atom is -0.377 e. The van der Waals surface area contributed by atoms with Crippen molar-refractivity contribution < 1.29 is 13.9 Å². The van der Waals surface area contributed by atoms with Crippen molar-refractivity contribution in [1.82, 2.24) is 4.90 Å². The van der Waals surface area contributed by atoms with Crippen LogP contribution < -0.4 is 10.5 Å². The van der Waals surface area contributed by atoms with E-state index in [9.17, 15) is 14.3 Å². The molecule has 0 spiro atoms. The molecule has 1 aliphatic rings. The Bertz CT molecular complexity index is 818. The van der Waals surface area contributed by atoms with Gasteiger partial charge in [0.05, 0.1) is 22.5 Å². The maximum atomic E-state index is 11.3. The minimum atomic E-state index is -1.76. The molecule has 1 saturated heterocycles. The van der Waals surface area contributed by atoms with E-state index in [0.717, 1.165) is 19.6 Å². The largest absolute Gasteiger partial charge is 0.377 e. The van der Waals surface area contributed by atoms with Crippen LogP contribution in [-0.2, 0) is 22.3 Å². The molecule has 9 heteroatoms. The van der Waals surface area contributed by atoms with Crippen molar-refractivity contribution in [3.8, 4) is 0 Å². The van der Waals surface area contributed by atoms with E-state index in [1.54, 1.807) is 0 Å². The van der Waals surface area contributed by atoms with Crippen LogP contribution in [0, 0.1) is 10.1 Å². The highest BCUT2D eigenvalue weighted by Gasteiger charge is 2.22. The number of hydrogen-bond donors (Lipinski definition) is 2. The highest BCUT2D eigenvalue weighted by atomic mass is 32.2. The lowest BCUT2D eigenvalue weighted by Gasteiger charge is -2.33. The molecular weight excluding hydrogens is 368 g/mol. The Hall–Kier alpha value is -2.33. The fraction of sp³-hybridized carbons (Fsp3) is 0.333. The number of benzene rings is 2. The van der Waals surface area contributed by atoms with Crippen LogP contribution >= 0.6 is 0 Å². The van der Waals surface area contributed by atoms with E-state index >= 15 is 0 Å². The monoisotopic (exact) mass is 390 g/mol. The fourth-order valence-electron chi connectivity index (χ4n) is 3.05. The number of ether oxygens (including phenoxy) is 1. The average Bonchev–Trinajstić information content (AvgIpc) is 2.67. The number of anilines is 1. The van der Waals surface area contributed by atoms with Gasteiger partial charge in [-0.25, -0.2) is 9.35 Å². The van der Waals surface area contributed by atoms with Crippen LogP contribution in [-0.4, -0.2) is 46.4 Å². The lowest BCUT2D eigenvalue weighted by atomic mass is 10.2. The van der Waals surface area contributed by atoms with Crippen molar-refractivity contribution in [2.45, 2.75) is 17.5 Å². The number of nitro groups is 1. The SMILES string of the molecule is NS(=O)c1ccc(NCC2CN(Cc3ccccc3)CCO2)c([N+](=O)[O-])c1. The van der Waals surface area contributed by atoms with Crippen molar-refractivity contribution in [3.63, 3.8) is 0 Å². The fourth-order valence-corrected chi connectivity index (χ4v) is 3.48. The molecule has 1 fully saturated rings. The third-order valence-corrected chi connectivity index (χ3v) is 5.11. The van der Waals surface area contributed by atoms with Gasteiger partial charge in [0.25, 0.3) is 5.69 Å². The zero-order valence-corrected chi connectivity index (χ0v) is 15.6. The summed E-state index contributed by atoms with van der Waals surface area (Å²) in [4.78, 5) is 13.3. The first-order chi connectivity index (χ1) is 13.0. The molecule has 0 aromatic heterocycles.